The number of nitrogens with zero attached hydrogens (tertiary/aromatic N) is 1. The molecule has 0 aromatic carbocycles. The maximum Gasteiger partial charge on any atom is 0.0700 e. The first-order chi connectivity index (χ1) is 9.24. The second kappa shape index (κ2) is 7.02. The molecule has 1 aliphatic carbocycles. The lowest BCUT2D eigenvalue weighted by Crippen LogP contribution is -2.51. The van der Waals surface area contributed by atoms with Crippen LogP contribution in [0.2, 0.25) is 0 Å². The molecule has 0 amide bonds. The van der Waals surface area contributed by atoms with Crippen molar-refractivity contribution in [1.82, 2.24) is 10.2 Å². The Labute approximate surface area is 117 Å². The Balaban J connectivity index is 1.81. The van der Waals surface area contributed by atoms with Gasteiger partial charge in [0.05, 0.1) is 19.3 Å². The maximum absolute atomic E-state index is 9.71. The summed E-state index contributed by atoms with van der Waals surface area (Å²) in [4.78, 5) is 2.54. The van der Waals surface area contributed by atoms with Crippen LogP contribution >= 0.6 is 0 Å². The summed E-state index contributed by atoms with van der Waals surface area (Å²) < 4.78 is 5.72. The molecular weight excluding hydrogens is 240 g/mol. The fraction of sp³-hybridized carbons (Fsp3) is 1.00. The fourth-order valence-corrected chi connectivity index (χ4v) is 3.75. The van der Waals surface area contributed by atoms with Gasteiger partial charge in [0.15, 0.2) is 0 Å². The minimum atomic E-state index is -0.0174. The number of morpholine rings is 1. The Hall–Kier alpha value is -0.160. The number of hydrogen-bond donors (Lipinski definition) is 2. The third kappa shape index (κ3) is 3.48. The van der Waals surface area contributed by atoms with Gasteiger partial charge in [0.2, 0.25) is 0 Å². The molecule has 1 saturated heterocycles. The molecule has 2 rings (SSSR count). The Morgan fingerprint density at radius 3 is 3.00 bits per heavy atom. The molecule has 0 bridgehead atoms. The zero-order valence-corrected chi connectivity index (χ0v) is 12.5. The van der Waals surface area contributed by atoms with Gasteiger partial charge < -0.3 is 15.2 Å². The lowest BCUT2D eigenvalue weighted by Gasteiger charge is -2.37. The van der Waals surface area contributed by atoms with E-state index in [0.717, 1.165) is 39.1 Å². The molecule has 0 aromatic heterocycles. The highest BCUT2D eigenvalue weighted by atomic mass is 16.5. The molecule has 0 radical (unpaired) electrons. The molecule has 4 nitrogen and oxygen atoms in total. The molecule has 0 aromatic rings. The van der Waals surface area contributed by atoms with Crippen LogP contribution in [0.5, 0.6) is 0 Å². The number of ether oxygens (including phenoxy) is 1. The maximum atomic E-state index is 9.71. The molecule has 2 aliphatic rings. The van der Waals surface area contributed by atoms with E-state index in [9.17, 15) is 5.11 Å². The second-order valence-corrected chi connectivity index (χ2v) is 6.14. The molecule has 112 valence electrons. The van der Waals surface area contributed by atoms with Crippen LogP contribution in [0.25, 0.3) is 0 Å². The predicted octanol–water partition coefficient (Wildman–Crippen LogP) is 1.24. The van der Waals surface area contributed by atoms with Crippen molar-refractivity contribution in [1.29, 1.82) is 0 Å². The highest BCUT2D eigenvalue weighted by Gasteiger charge is 2.40. The number of nitrogens with one attached hydrogen (secondary N) is 1. The van der Waals surface area contributed by atoms with Gasteiger partial charge in [-0.05, 0) is 45.2 Å². The largest absolute Gasteiger partial charge is 0.394 e. The summed E-state index contributed by atoms with van der Waals surface area (Å²) in [7, 11) is 2.00. The van der Waals surface area contributed by atoms with Gasteiger partial charge >= 0.3 is 0 Å². The average molecular weight is 270 g/mol. The quantitative estimate of drug-likeness (QED) is 0.762. The summed E-state index contributed by atoms with van der Waals surface area (Å²) in [6.07, 6.45) is 6.33. The number of aliphatic hydroxyl groups excluding tert-OH is 1. The van der Waals surface area contributed by atoms with Gasteiger partial charge in [-0.25, -0.2) is 0 Å². The van der Waals surface area contributed by atoms with Crippen molar-refractivity contribution in [2.75, 3.05) is 39.9 Å². The Morgan fingerprint density at radius 2 is 2.32 bits per heavy atom. The smallest absolute Gasteiger partial charge is 0.0700 e. The van der Waals surface area contributed by atoms with E-state index < -0.39 is 0 Å². The zero-order chi connectivity index (χ0) is 13.7. The van der Waals surface area contributed by atoms with Crippen LogP contribution in [-0.4, -0.2) is 61.5 Å². The first kappa shape index (κ1) is 15.2. The number of hydrogen-bond acceptors (Lipinski definition) is 4. The van der Waals surface area contributed by atoms with Crippen LogP contribution in [0.3, 0.4) is 0 Å². The molecule has 4 heteroatoms. The van der Waals surface area contributed by atoms with E-state index in [4.69, 9.17) is 4.74 Å². The third-order valence-corrected chi connectivity index (χ3v) is 5.21. The predicted molar refractivity (Wildman–Crippen MR) is 77.3 cm³/mol. The summed E-state index contributed by atoms with van der Waals surface area (Å²) in [6, 6.07) is 0. The highest BCUT2D eigenvalue weighted by molar-refractivity contribution is 4.98. The molecule has 19 heavy (non-hydrogen) atoms. The van der Waals surface area contributed by atoms with Crippen LogP contribution in [0.1, 0.15) is 39.0 Å². The van der Waals surface area contributed by atoms with Crippen molar-refractivity contribution in [3.63, 3.8) is 0 Å². The number of likely N-dealkylation sites (N-methyl/N-ethyl adjacent to an activating group) is 1. The van der Waals surface area contributed by atoms with Crippen molar-refractivity contribution in [3.05, 3.63) is 0 Å². The Morgan fingerprint density at radius 1 is 1.47 bits per heavy atom. The van der Waals surface area contributed by atoms with Gasteiger partial charge in [0.1, 0.15) is 0 Å². The minimum absolute atomic E-state index is 0.0174. The molecule has 3 unspecified atom stereocenters. The zero-order valence-electron chi connectivity index (χ0n) is 12.5. The minimum Gasteiger partial charge on any atom is -0.394 e. The second-order valence-electron chi connectivity index (χ2n) is 6.14. The molecule has 1 saturated carbocycles. The lowest BCUT2D eigenvalue weighted by molar-refractivity contribution is -0.0322. The Bertz CT molecular complexity index is 269. The fourth-order valence-electron chi connectivity index (χ4n) is 3.75. The highest BCUT2D eigenvalue weighted by Crippen LogP contribution is 2.37. The topological polar surface area (TPSA) is 44.7 Å². The Kier molecular flexibility index (Phi) is 5.63. The van der Waals surface area contributed by atoms with E-state index in [1.165, 1.54) is 19.3 Å². The van der Waals surface area contributed by atoms with Gasteiger partial charge in [0, 0.05) is 18.6 Å². The van der Waals surface area contributed by atoms with E-state index in [1.807, 2.05) is 7.05 Å². The van der Waals surface area contributed by atoms with E-state index in [-0.39, 0.29) is 12.1 Å². The van der Waals surface area contributed by atoms with Gasteiger partial charge in [-0.2, -0.15) is 0 Å². The standard InChI is InChI=1S/C15H30N2O2/c1-3-14-11-17(9-10-19-14)8-6-13-5-4-7-15(13,12-18)16-2/h13-14,16,18H,3-12H2,1-2H3. The van der Waals surface area contributed by atoms with Crippen LogP contribution < -0.4 is 5.32 Å². The van der Waals surface area contributed by atoms with E-state index >= 15 is 0 Å². The molecule has 0 spiro atoms. The average Bonchev–Trinajstić information content (AvgIpc) is 2.88. The summed E-state index contributed by atoms with van der Waals surface area (Å²) in [5.41, 5.74) is -0.0174. The summed E-state index contributed by atoms with van der Waals surface area (Å²) in [5.74, 6) is 0.616. The van der Waals surface area contributed by atoms with Crippen molar-refractivity contribution >= 4 is 0 Å². The van der Waals surface area contributed by atoms with Crippen molar-refractivity contribution in [2.24, 2.45) is 5.92 Å². The summed E-state index contributed by atoms with van der Waals surface area (Å²) >= 11 is 0. The first-order valence-corrected chi connectivity index (χ1v) is 7.88. The summed E-state index contributed by atoms with van der Waals surface area (Å²) in [6.45, 7) is 6.63. The van der Waals surface area contributed by atoms with Crippen molar-refractivity contribution in [2.45, 2.75) is 50.7 Å². The number of aliphatic hydroxyl groups is 1. The molecule has 1 aliphatic heterocycles. The first-order valence-electron chi connectivity index (χ1n) is 7.88. The third-order valence-electron chi connectivity index (χ3n) is 5.21. The number of rotatable bonds is 6. The molecule has 2 N–H and O–H groups in total. The van der Waals surface area contributed by atoms with Crippen LogP contribution in [0.4, 0.5) is 0 Å². The van der Waals surface area contributed by atoms with Crippen LogP contribution in [0, 0.1) is 5.92 Å². The van der Waals surface area contributed by atoms with Crippen molar-refractivity contribution < 1.29 is 9.84 Å². The molecule has 1 heterocycles. The van der Waals surface area contributed by atoms with E-state index in [2.05, 4.69) is 17.1 Å². The van der Waals surface area contributed by atoms with Crippen LogP contribution in [-0.2, 0) is 4.74 Å². The lowest BCUT2D eigenvalue weighted by atomic mass is 9.85. The molecule has 3 atom stereocenters. The molecular formula is C15H30N2O2. The van der Waals surface area contributed by atoms with E-state index in [0.29, 0.717) is 12.0 Å². The monoisotopic (exact) mass is 270 g/mol. The van der Waals surface area contributed by atoms with Crippen molar-refractivity contribution in [3.8, 4) is 0 Å². The SMILES string of the molecule is CCC1CN(CCC2CCCC2(CO)NC)CCO1. The normalized spacial score (nSPS) is 36.8. The van der Waals surface area contributed by atoms with Gasteiger partial charge in [-0.3, -0.25) is 4.90 Å². The van der Waals surface area contributed by atoms with Crippen LogP contribution in [0.15, 0.2) is 0 Å². The molecule has 2 fully saturated rings. The summed E-state index contributed by atoms with van der Waals surface area (Å²) in [5, 5.41) is 13.1. The van der Waals surface area contributed by atoms with Gasteiger partial charge in [0.25, 0.3) is 0 Å². The van der Waals surface area contributed by atoms with Gasteiger partial charge in [-0.15, -0.1) is 0 Å². The van der Waals surface area contributed by atoms with Gasteiger partial charge in [-0.1, -0.05) is 13.3 Å². The van der Waals surface area contributed by atoms with E-state index in [1.54, 1.807) is 0 Å².